The van der Waals surface area contributed by atoms with Crippen molar-refractivity contribution in [2.24, 2.45) is 11.0 Å². The van der Waals surface area contributed by atoms with Crippen molar-refractivity contribution < 1.29 is 9.53 Å². The zero-order chi connectivity index (χ0) is 17.2. The van der Waals surface area contributed by atoms with E-state index < -0.39 is 0 Å². The predicted molar refractivity (Wildman–Crippen MR) is 97.3 cm³/mol. The van der Waals surface area contributed by atoms with Crippen molar-refractivity contribution >= 4 is 12.1 Å². The molecule has 4 heteroatoms. The molecule has 126 valence electrons. The molecule has 2 aromatic rings. The second-order valence-corrected chi connectivity index (χ2v) is 6.05. The van der Waals surface area contributed by atoms with Crippen LogP contribution < -0.4 is 10.2 Å². The lowest BCUT2D eigenvalue weighted by Gasteiger charge is -2.08. The Morgan fingerprint density at radius 1 is 1.12 bits per heavy atom. The minimum Gasteiger partial charge on any atom is -0.493 e. The summed E-state index contributed by atoms with van der Waals surface area (Å²) in [5.74, 6) is 1.25. The predicted octanol–water partition coefficient (Wildman–Crippen LogP) is 3.80. The van der Waals surface area contributed by atoms with Gasteiger partial charge in [0, 0.05) is 6.42 Å². The minimum absolute atomic E-state index is 0.0908. The molecular weight excluding hydrogens is 300 g/mol. The maximum absolute atomic E-state index is 11.8. The molecule has 1 N–H and O–H groups in total. The number of hydrazone groups is 1. The first-order chi connectivity index (χ1) is 11.6. The van der Waals surface area contributed by atoms with Crippen molar-refractivity contribution in [2.75, 3.05) is 6.61 Å². The molecule has 0 heterocycles. The largest absolute Gasteiger partial charge is 0.493 e. The van der Waals surface area contributed by atoms with Gasteiger partial charge in [0.25, 0.3) is 0 Å². The monoisotopic (exact) mass is 324 g/mol. The van der Waals surface area contributed by atoms with E-state index in [2.05, 4.69) is 24.4 Å². The molecule has 0 aliphatic carbocycles. The van der Waals surface area contributed by atoms with Crippen molar-refractivity contribution in [3.05, 3.63) is 65.7 Å². The van der Waals surface area contributed by atoms with Crippen molar-refractivity contribution in [3.8, 4) is 5.75 Å². The summed E-state index contributed by atoms with van der Waals surface area (Å²) in [6.45, 7) is 4.92. The third-order valence-corrected chi connectivity index (χ3v) is 3.35. The number of rotatable bonds is 8. The van der Waals surface area contributed by atoms with Gasteiger partial charge in [-0.05, 0) is 47.7 Å². The van der Waals surface area contributed by atoms with Gasteiger partial charge in [-0.1, -0.05) is 44.2 Å². The van der Waals surface area contributed by atoms with Gasteiger partial charge < -0.3 is 4.74 Å². The Morgan fingerprint density at radius 3 is 2.50 bits per heavy atom. The number of amides is 1. The third-order valence-electron chi connectivity index (χ3n) is 3.35. The third kappa shape index (κ3) is 6.65. The molecule has 0 atom stereocenters. The van der Waals surface area contributed by atoms with E-state index in [1.54, 1.807) is 6.21 Å². The lowest BCUT2D eigenvalue weighted by molar-refractivity contribution is -0.121. The highest BCUT2D eigenvalue weighted by Crippen LogP contribution is 2.12. The van der Waals surface area contributed by atoms with Crippen molar-refractivity contribution in [1.82, 2.24) is 5.43 Å². The average Bonchev–Trinajstić information content (AvgIpc) is 2.60. The van der Waals surface area contributed by atoms with E-state index in [0.717, 1.165) is 16.9 Å². The van der Waals surface area contributed by atoms with Gasteiger partial charge in [-0.15, -0.1) is 0 Å². The van der Waals surface area contributed by atoms with Crippen LogP contribution in [0.3, 0.4) is 0 Å². The average molecular weight is 324 g/mol. The normalized spacial score (nSPS) is 11.0. The fourth-order valence-electron chi connectivity index (χ4n) is 2.05. The van der Waals surface area contributed by atoms with Gasteiger partial charge in [0.15, 0.2) is 0 Å². The van der Waals surface area contributed by atoms with Gasteiger partial charge in [0.05, 0.1) is 12.8 Å². The van der Waals surface area contributed by atoms with Gasteiger partial charge in [0.2, 0.25) is 5.91 Å². The number of nitrogens with one attached hydrogen (secondary N) is 1. The van der Waals surface area contributed by atoms with Crippen molar-refractivity contribution in [2.45, 2.75) is 26.7 Å². The Hall–Kier alpha value is -2.62. The summed E-state index contributed by atoms with van der Waals surface area (Å²) in [6, 6.07) is 17.6. The second-order valence-electron chi connectivity index (χ2n) is 6.05. The van der Waals surface area contributed by atoms with Crippen LogP contribution in [-0.2, 0) is 11.2 Å². The van der Waals surface area contributed by atoms with Crippen LogP contribution >= 0.6 is 0 Å². The topological polar surface area (TPSA) is 50.7 Å². The summed E-state index contributed by atoms with van der Waals surface area (Å²) >= 11 is 0. The molecule has 24 heavy (non-hydrogen) atoms. The molecule has 4 nitrogen and oxygen atoms in total. The SMILES string of the molecule is CC(C)COc1ccc(/C=N\NC(=O)CCc2ccccc2)cc1. The Balaban J connectivity index is 1.73. The van der Waals surface area contributed by atoms with E-state index in [-0.39, 0.29) is 5.91 Å². The van der Waals surface area contributed by atoms with Crippen LogP contribution in [0.25, 0.3) is 0 Å². The molecule has 0 aromatic heterocycles. The van der Waals surface area contributed by atoms with Gasteiger partial charge in [0.1, 0.15) is 5.75 Å². The first-order valence-electron chi connectivity index (χ1n) is 8.22. The molecule has 0 saturated heterocycles. The molecule has 0 radical (unpaired) electrons. The number of benzene rings is 2. The molecule has 0 bridgehead atoms. The summed E-state index contributed by atoms with van der Waals surface area (Å²) in [4.78, 5) is 11.8. The summed E-state index contributed by atoms with van der Waals surface area (Å²) in [6.07, 6.45) is 2.76. The first-order valence-corrected chi connectivity index (χ1v) is 8.22. The Kier molecular flexibility index (Phi) is 7.02. The molecule has 0 aliphatic heterocycles. The fourth-order valence-corrected chi connectivity index (χ4v) is 2.05. The van der Waals surface area contributed by atoms with Gasteiger partial charge in [-0.25, -0.2) is 5.43 Å². The number of carbonyl (C=O) groups is 1. The maximum Gasteiger partial charge on any atom is 0.240 e. The number of hydrogen-bond acceptors (Lipinski definition) is 3. The highest BCUT2D eigenvalue weighted by Gasteiger charge is 2.00. The van der Waals surface area contributed by atoms with E-state index in [9.17, 15) is 4.79 Å². The summed E-state index contributed by atoms with van der Waals surface area (Å²) in [7, 11) is 0. The lowest BCUT2D eigenvalue weighted by atomic mass is 10.1. The lowest BCUT2D eigenvalue weighted by Crippen LogP contribution is -2.17. The number of aryl methyl sites for hydroxylation is 1. The molecule has 0 fully saturated rings. The highest BCUT2D eigenvalue weighted by molar-refractivity contribution is 5.82. The van der Waals surface area contributed by atoms with Crippen molar-refractivity contribution in [1.29, 1.82) is 0 Å². The summed E-state index contributed by atoms with van der Waals surface area (Å²) in [5, 5.41) is 3.99. The van der Waals surface area contributed by atoms with Gasteiger partial charge >= 0.3 is 0 Å². The van der Waals surface area contributed by atoms with E-state index in [0.29, 0.717) is 25.4 Å². The fraction of sp³-hybridized carbons (Fsp3) is 0.300. The molecule has 0 aliphatic rings. The van der Waals surface area contributed by atoms with Crippen molar-refractivity contribution in [3.63, 3.8) is 0 Å². The molecule has 2 rings (SSSR count). The number of ether oxygens (including phenoxy) is 1. The first kappa shape index (κ1) is 17.7. The smallest absolute Gasteiger partial charge is 0.240 e. The minimum atomic E-state index is -0.0908. The zero-order valence-electron chi connectivity index (χ0n) is 14.2. The van der Waals surface area contributed by atoms with E-state index in [1.807, 2.05) is 54.6 Å². The molecular formula is C20H24N2O2. The van der Waals surface area contributed by atoms with Crippen LogP contribution in [0.2, 0.25) is 0 Å². The Bertz CT molecular complexity index is 649. The molecule has 1 amide bonds. The summed E-state index contributed by atoms with van der Waals surface area (Å²) < 4.78 is 5.62. The Labute approximate surface area is 143 Å². The van der Waals surface area contributed by atoms with Crippen LogP contribution in [0, 0.1) is 5.92 Å². The molecule has 0 saturated carbocycles. The Morgan fingerprint density at radius 2 is 1.83 bits per heavy atom. The quantitative estimate of drug-likeness (QED) is 0.593. The van der Waals surface area contributed by atoms with Crippen LogP contribution in [0.1, 0.15) is 31.4 Å². The van der Waals surface area contributed by atoms with Crippen LogP contribution in [-0.4, -0.2) is 18.7 Å². The standard InChI is InChI=1S/C20H24N2O2/c1-16(2)15-24-19-11-8-18(9-12-19)14-21-22-20(23)13-10-17-6-4-3-5-7-17/h3-9,11-12,14,16H,10,13,15H2,1-2H3,(H,22,23)/b21-14-. The maximum atomic E-state index is 11.8. The van der Waals surface area contributed by atoms with Gasteiger partial charge in [-0.3, -0.25) is 4.79 Å². The van der Waals surface area contributed by atoms with Gasteiger partial charge in [-0.2, -0.15) is 5.10 Å². The zero-order valence-corrected chi connectivity index (χ0v) is 14.2. The second kappa shape index (κ2) is 9.50. The number of nitrogens with zero attached hydrogens (tertiary/aromatic N) is 1. The number of carbonyl (C=O) groups excluding carboxylic acids is 1. The van der Waals surface area contributed by atoms with Crippen LogP contribution in [0.5, 0.6) is 5.75 Å². The highest BCUT2D eigenvalue weighted by atomic mass is 16.5. The van der Waals surface area contributed by atoms with Crippen LogP contribution in [0.4, 0.5) is 0 Å². The van der Waals surface area contributed by atoms with E-state index in [4.69, 9.17) is 4.74 Å². The van der Waals surface area contributed by atoms with E-state index >= 15 is 0 Å². The van der Waals surface area contributed by atoms with Crippen LogP contribution in [0.15, 0.2) is 59.7 Å². The molecule has 0 unspecified atom stereocenters. The van der Waals surface area contributed by atoms with E-state index in [1.165, 1.54) is 0 Å². The number of hydrogen-bond donors (Lipinski definition) is 1. The molecule has 0 spiro atoms. The summed E-state index contributed by atoms with van der Waals surface area (Å²) in [5.41, 5.74) is 4.61. The molecule has 2 aromatic carbocycles.